The lowest BCUT2D eigenvalue weighted by molar-refractivity contribution is -0.138. The average Bonchev–Trinajstić information content (AvgIpc) is 2.42. The molecule has 0 fully saturated rings. The minimum Gasteiger partial charge on any atom is -0.203 e. The molecule has 0 atom stereocenters. The van der Waals surface area contributed by atoms with Crippen LogP contribution in [0.5, 0.6) is 0 Å². The summed E-state index contributed by atoms with van der Waals surface area (Å²) in [4.78, 5) is 0. The van der Waals surface area contributed by atoms with Gasteiger partial charge in [-0.15, -0.1) is 0 Å². The van der Waals surface area contributed by atoms with Crippen LogP contribution >= 0.6 is 0 Å². The Bertz CT molecular complexity index is 716. The fourth-order valence-electron chi connectivity index (χ4n) is 2.00. The smallest absolute Gasteiger partial charge is 0.203 e. The summed E-state index contributed by atoms with van der Waals surface area (Å²) in [5, 5.41) is 0. The molecule has 0 nitrogen and oxygen atoms in total. The monoisotopic (exact) mass is 326 g/mol. The molecule has 8 heteroatoms. The first-order valence-electron chi connectivity index (χ1n) is 5.75. The molecule has 0 aliphatic rings. The Morgan fingerprint density at radius 2 is 1.18 bits per heavy atom. The zero-order valence-electron chi connectivity index (χ0n) is 10.8. The fraction of sp³-hybridized carbons (Fsp3) is 0.143. The van der Waals surface area contributed by atoms with Gasteiger partial charge in [0, 0.05) is 0 Å². The van der Waals surface area contributed by atoms with Crippen LogP contribution in [-0.2, 0) is 6.18 Å². The lowest BCUT2D eigenvalue weighted by Gasteiger charge is -2.13. The van der Waals surface area contributed by atoms with Crippen molar-refractivity contribution in [2.45, 2.75) is 13.1 Å². The van der Waals surface area contributed by atoms with E-state index in [1.165, 1.54) is 0 Å². The Morgan fingerprint density at radius 1 is 0.727 bits per heavy atom. The van der Waals surface area contributed by atoms with Crippen LogP contribution in [-0.4, -0.2) is 0 Å². The molecular formula is C14H6F8. The third-order valence-corrected chi connectivity index (χ3v) is 3.03. The van der Waals surface area contributed by atoms with E-state index in [1.807, 2.05) is 0 Å². The van der Waals surface area contributed by atoms with Crippen LogP contribution in [0.3, 0.4) is 0 Å². The van der Waals surface area contributed by atoms with Gasteiger partial charge in [-0.25, -0.2) is 22.0 Å². The summed E-state index contributed by atoms with van der Waals surface area (Å²) in [5.74, 6) is -10.9. The maximum atomic E-state index is 13.6. The summed E-state index contributed by atoms with van der Waals surface area (Å²) in [6, 6.07) is 1.87. The molecule has 0 radical (unpaired) electrons. The van der Waals surface area contributed by atoms with Gasteiger partial charge < -0.3 is 0 Å². The number of aryl methyl sites for hydroxylation is 1. The second kappa shape index (κ2) is 5.26. The molecule has 0 saturated heterocycles. The lowest BCUT2D eigenvalue weighted by atomic mass is 9.98. The minimum atomic E-state index is -4.70. The van der Waals surface area contributed by atoms with Gasteiger partial charge in [-0.1, -0.05) is 12.1 Å². The third kappa shape index (κ3) is 2.53. The van der Waals surface area contributed by atoms with Gasteiger partial charge >= 0.3 is 6.18 Å². The zero-order chi connectivity index (χ0) is 16.8. The Labute approximate surface area is 119 Å². The quantitative estimate of drug-likeness (QED) is 0.375. The van der Waals surface area contributed by atoms with E-state index in [2.05, 4.69) is 0 Å². The third-order valence-electron chi connectivity index (χ3n) is 3.03. The molecule has 118 valence electrons. The van der Waals surface area contributed by atoms with Crippen molar-refractivity contribution in [1.29, 1.82) is 0 Å². The second-order valence-corrected chi connectivity index (χ2v) is 4.47. The van der Waals surface area contributed by atoms with Crippen molar-refractivity contribution in [2.75, 3.05) is 0 Å². The standard InChI is InChI=1S/C14H6F8/c1-5-4-6(2-3-7(5)14(20,21)22)8-9(15)11(17)13(19)12(18)10(8)16/h2-4H,1H3. The van der Waals surface area contributed by atoms with E-state index in [1.54, 1.807) is 0 Å². The van der Waals surface area contributed by atoms with Gasteiger partial charge in [0.2, 0.25) is 5.82 Å². The number of alkyl halides is 3. The number of halogens is 8. The van der Waals surface area contributed by atoms with Crippen LogP contribution in [0.2, 0.25) is 0 Å². The summed E-state index contributed by atoms with van der Waals surface area (Å²) < 4.78 is 104. The molecule has 0 aliphatic heterocycles. The topological polar surface area (TPSA) is 0 Å². The molecule has 22 heavy (non-hydrogen) atoms. The molecule has 0 bridgehead atoms. The predicted octanol–water partition coefficient (Wildman–Crippen LogP) is 5.38. The van der Waals surface area contributed by atoms with Crippen LogP contribution in [0, 0.1) is 36.0 Å². The van der Waals surface area contributed by atoms with Crippen molar-refractivity contribution < 1.29 is 35.1 Å². The van der Waals surface area contributed by atoms with Crippen molar-refractivity contribution in [3.63, 3.8) is 0 Å². The predicted molar refractivity (Wildman–Crippen MR) is 61.4 cm³/mol. The van der Waals surface area contributed by atoms with E-state index >= 15 is 0 Å². The molecule has 0 N–H and O–H groups in total. The van der Waals surface area contributed by atoms with Gasteiger partial charge in [-0.2, -0.15) is 13.2 Å². The highest BCUT2D eigenvalue weighted by Crippen LogP contribution is 2.36. The lowest BCUT2D eigenvalue weighted by Crippen LogP contribution is -2.08. The molecule has 0 heterocycles. The summed E-state index contributed by atoms with van der Waals surface area (Å²) in [7, 11) is 0. The number of benzene rings is 2. The van der Waals surface area contributed by atoms with Gasteiger partial charge in [0.25, 0.3) is 0 Å². The molecule has 2 aromatic carbocycles. The van der Waals surface area contributed by atoms with E-state index in [9.17, 15) is 35.1 Å². The molecule has 0 saturated carbocycles. The van der Waals surface area contributed by atoms with Gasteiger partial charge in [-0.3, -0.25) is 0 Å². The van der Waals surface area contributed by atoms with Gasteiger partial charge in [0.1, 0.15) is 0 Å². The van der Waals surface area contributed by atoms with Crippen LogP contribution < -0.4 is 0 Å². The van der Waals surface area contributed by atoms with E-state index in [0.717, 1.165) is 6.92 Å². The highest BCUT2D eigenvalue weighted by molar-refractivity contribution is 5.67. The van der Waals surface area contributed by atoms with Crippen LogP contribution in [0.1, 0.15) is 11.1 Å². The molecule has 0 amide bonds. The van der Waals surface area contributed by atoms with E-state index in [-0.39, 0.29) is 0 Å². The van der Waals surface area contributed by atoms with Crippen molar-refractivity contribution in [2.24, 2.45) is 0 Å². The molecule has 0 aliphatic carbocycles. The SMILES string of the molecule is Cc1cc(-c2c(F)c(F)c(F)c(F)c2F)ccc1C(F)(F)F. The molecule has 0 unspecified atom stereocenters. The maximum absolute atomic E-state index is 13.6. The molecule has 0 aromatic heterocycles. The zero-order valence-corrected chi connectivity index (χ0v) is 10.8. The van der Waals surface area contributed by atoms with E-state index in [4.69, 9.17) is 0 Å². The van der Waals surface area contributed by atoms with E-state index < -0.39 is 57.5 Å². The van der Waals surface area contributed by atoms with Crippen LogP contribution in [0.25, 0.3) is 11.1 Å². The van der Waals surface area contributed by atoms with Crippen molar-refractivity contribution in [3.8, 4) is 11.1 Å². The van der Waals surface area contributed by atoms with Gasteiger partial charge in [0.05, 0.1) is 11.1 Å². The van der Waals surface area contributed by atoms with E-state index in [0.29, 0.717) is 18.2 Å². The Kier molecular flexibility index (Phi) is 3.88. The summed E-state index contributed by atoms with van der Waals surface area (Å²) in [5.41, 5.74) is -3.29. The highest BCUT2D eigenvalue weighted by atomic mass is 19.4. The average molecular weight is 326 g/mol. The summed E-state index contributed by atoms with van der Waals surface area (Å²) in [6.45, 7) is 1.01. The maximum Gasteiger partial charge on any atom is 0.416 e. The van der Waals surface area contributed by atoms with Gasteiger partial charge in [-0.05, 0) is 24.1 Å². The Balaban J connectivity index is 2.71. The fourth-order valence-corrected chi connectivity index (χ4v) is 2.00. The molecular weight excluding hydrogens is 320 g/mol. The van der Waals surface area contributed by atoms with Crippen LogP contribution in [0.15, 0.2) is 18.2 Å². The van der Waals surface area contributed by atoms with Crippen molar-refractivity contribution in [1.82, 2.24) is 0 Å². The number of hydrogen-bond donors (Lipinski definition) is 0. The normalized spacial score (nSPS) is 11.9. The largest absolute Gasteiger partial charge is 0.416 e. The minimum absolute atomic E-state index is 0.408. The first kappa shape index (κ1) is 16.3. The van der Waals surface area contributed by atoms with Crippen molar-refractivity contribution in [3.05, 3.63) is 58.4 Å². The first-order chi connectivity index (χ1) is 10.1. The molecule has 2 aromatic rings. The van der Waals surface area contributed by atoms with Gasteiger partial charge in [0.15, 0.2) is 23.3 Å². The Morgan fingerprint density at radius 3 is 1.59 bits per heavy atom. The number of rotatable bonds is 1. The number of hydrogen-bond acceptors (Lipinski definition) is 0. The van der Waals surface area contributed by atoms with Crippen LogP contribution in [0.4, 0.5) is 35.1 Å². The Hall–Kier alpha value is -2.12. The highest BCUT2D eigenvalue weighted by Gasteiger charge is 2.33. The van der Waals surface area contributed by atoms with Crippen molar-refractivity contribution >= 4 is 0 Å². The molecule has 2 rings (SSSR count). The first-order valence-corrected chi connectivity index (χ1v) is 5.75. The summed E-state index contributed by atoms with van der Waals surface area (Å²) in [6.07, 6.45) is -4.70. The molecule has 0 spiro atoms. The summed E-state index contributed by atoms with van der Waals surface area (Å²) >= 11 is 0. The second-order valence-electron chi connectivity index (χ2n) is 4.47.